The zero-order valence-corrected chi connectivity index (χ0v) is 11.4. The highest BCUT2D eigenvalue weighted by Crippen LogP contribution is 2.22. The topological polar surface area (TPSA) is 60.2 Å². The smallest absolute Gasteiger partial charge is 0.154 e. The average Bonchev–Trinajstić information content (AvgIpc) is 2.01. The van der Waals surface area contributed by atoms with E-state index in [4.69, 9.17) is 5.73 Å². The predicted molar refractivity (Wildman–Crippen MR) is 65.6 cm³/mol. The number of nitrogens with two attached hydrogens (primary N) is 1. The number of rotatable bonds is 6. The molecule has 0 radical (unpaired) electrons. The van der Waals surface area contributed by atoms with Gasteiger partial charge in [0.1, 0.15) is 0 Å². The maximum Gasteiger partial charge on any atom is 0.154 e. The summed E-state index contributed by atoms with van der Waals surface area (Å²) < 4.78 is 22.2. The van der Waals surface area contributed by atoms with E-state index in [1.165, 1.54) is 6.26 Å². The summed E-state index contributed by atoms with van der Waals surface area (Å²) >= 11 is 0. The Morgan fingerprint density at radius 2 is 1.67 bits per heavy atom. The summed E-state index contributed by atoms with van der Waals surface area (Å²) in [4.78, 5) is 0. The van der Waals surface area contributed by atoms with Gasteiger partial charge in [-0.15, -0.1) is 0 Å². The Morgan fingerprint density at radius 1 is 1.20 bits per heavy atom. The molecule has 2 N–H and O–H groups in total. The third-order valence-electron chi connectivity index (χ3n) is 3.15. The molecule has 0 rings (SSSR count). The van der Waals surface area contributed by atoms with Gasteiger partial charge in [0.25, 0.3) is 0 Å². The van der Waals surface area contributed by atoms with Crippen LogP contribution in [-0.4, -0.2) is 25.5 Å². The average molecular weight is 235 g/mol. The van der Waals surface area contributed by atoms with Crippen LogP contribution in [0.4, 0.5) is 0 Å². The first-order chi connectivity index (χ1) is 6.59. The van der Waals surface area contributed by atoms with Gasteiger partial charge in [-0.05, 0) is 26.2 Å². The Hall–Kier alpha value is -0.0900. The molecule has 0 fully saturated rings. The molecule has 0 aliphatic carbocycles. The van der Waals surface area contributed by atoms with Gasteiger partial charge in [0.05, 0.1) is 4.75 Å². The molecule has 0 aromatic heterocycles. The van der Waals surface area contributed by atoms with Gasteiger partial charge in [-0.3, -0.25) is 0 Å². The van der Waals surface area contributed by atoms with Crippen LogP contribution in [0.15, 0.2) is 0 Å². The Bertz CT molecular complexity index is 281. The van der Waals surface area contributed by atoms with E-state index < -0.39 is 14.6 Å². The van der Waals surface area contributed by atoms with Crippen LogP contribution in [-0.2, 0) is 9.84 Å². The lowest BCUT2D eigenvalue weighted by molar-refractivity contribution is 0.430. The largest absolute Gasteiger partial charge is 0.326 e. The normalized spacial score (nSPS) is 15.7. The lowest BCUT2D eigenvalue weighted by atomic mass is 9.96. The van der Waals surface area contributed by atoms with E-state index in [1.54, 1.807) is 13.8 Å². The minimum Gasteiger partial charge on any atom is -0.326 e. The maximum atomic E-state index is 11.5. The van der Waals surface area contributed by atoms with Crippen molar-refractivity contribution < 1.29 is 8.42 Å². The molecule has 0 amide bonds. The first-order valence-electron chi connectivity index (χ1n) is 5.54. The minimum atomic E-state index is -3.08. The standard InChI is InChI=1S/C11H25NO2S/c1-9(2)7-6-8-10(12)11(3,4)15(5,13)14/h9-10H,6-8,12H2,1-5H3. The van der Waals surface area contributed by atoms with Gasteiger partial charge in [0, 0.05) is 12.3 Å². The number of hydrogen-bond acceptors (Lipinski definition) is 3. The SMILES string of the molecule is CC(C)CCCC(N)C(C)(C)S(C)(=O)=O. The van der Waals surface area contributed by atoms with Gasteiger partial charge < -0.3 is 5.73 Å². The van der Waals surface area contributed by atoms with E-state index in [1.807, 2.05) is 0 Å². The van der Waals surface area contributed by atoms with E-state index in [9.17, 15) is 8.42 Å². The molecule has 0 spiro atoms. The second-order valence-electron chi connectivity index (χ2n) is 5.31. The number of sulfone groups is 1. The third-order valence-corrected chi connectivity index (χ3v) is 5.36. The molecule has 4 heteroatoms. The molecule has 0 saturated heterocycles. The van der Waals surface area contributed by atoms with Crippen molar-refractivity contribution in [3.05, 3.63) is 0 Å². The summed E-state index contributed by atoms with van der Waals surface area (Å²) in [5.74, 6) is 0.651. The predicted octanol–water partition coefficient (Wildman–Crippen LogP) is 1.96. The first-order valence-corrected chi connectivity index (χ1v) is 7.43. The summed E-state index contributed by atoms with van der Waals surface area (Å²) in [6.45, 7) is 7.74. The van der Waals surface area contributed by atoms with E-state index in [2.05, 4.69) is 13.8 Å². The molecule has 0 aromatic carbocycles. The summed E-state index contributed by atoms with van der Waals surface area (Å²) in [5.41, 5.74) is 5.94. The van der Waals surface area contributed by atoms with Gasteiger partial charge in [0.15, 0.2) is 9.84 Å². The van der Waals surface area contributed by atoms with Crippen LogP contribution in [0.2, 0.25) is 0 Å². The molecule has 0 saturated carbocycles. The van der Waals surface area contributed by atoms with Gasteiger partial charge in [-0.25, -0.2) is 8.42 Å². The number of hydrogen-bond donors (Lipinski definition) is 1. The van der Waals surface area contributed by atoms with Gasteiger partial charge in [-0.2, -0.15) is 0 Å². The van der Waals surface area contributed by atoms with Crippen LogP contribution in [0.1, 0.15) is 47.0 Å². The maximum absolute atomic E-state index is 11.5. The van der Waals surface area contributed by atoms with E-state index in [-0.39, 0.29) is 6.04 Å². The van der Waals surface area contributed by atoms with Crippen LogP contribution < -0.4 is 5.73 Å². The zero-order chi connectivity index (χ0) is 12.3. The molecular weight excluding hydrogens is 210 g/mol. The molecule has 0 aliphatic heterocycles. The van der Waals surface area contributed by atoms with Crippen molar-refractivity contribution in [3.63, 3.8) is 0 Å². The molecule has 3 nitrogen and oxygen atoms in total. The highest BCUT2D eigenvalue weighted by atomic mass is 32.2. The zero-order valence-electron chi connectivity index (χ0n) is 10.6. The second-order valence-corrected chi connectivity index (χ2v) is 7.90. The second kappa shape index (κ2) is 5.30. The molecule has 0 aromatic rings. The highest BCUT2D eigenvalue weighted by Gasteiger charge is 2.36. The molecule has 1 atom stereocenters. The Morgan fingerprint density at radius 3 is 2.00 bits per heavy atom. The molecule has 1 unspecified atom stereocenters. The van der Waals surface area contributed by atoms with Crippen molar-refractivity contribution in [3.8, 4) is 0 Å². The summed E-state index contributed by atoms with van der Waals surface area (Å²) in [6.07, 6.45) is 4.14. The lowest BCUT2D eigenvalue weighted by Crippen LogP contribution is -2.48. The molecule has 0 heterocycles. The summed E-state index contributed by atoms with van der Waals surface area (Å²) in [7, 11) is -3.08. The fraction of sp³-hybridized carbons (Fsp3) is 1.00. The van der Waals surface area contributed by atoms with Crippen LogP contribution in [0.25, 0.3) is 0 Å². The van der Waals surface area contributed by atoms with Gasteiger partial charge in [-0.1, -0.05) is 26.7 Å². The fourth-order valence-electron chi connectivity index (χ4n) is 1.37. The minimum absolute atomic E-state index is 0.272. The quantitative estimate of drug-likeness (QED) is 0.765. The first kappa shape index (κ1) is 14.9. The highest BCUT2D eigenvalue weighted by molar-refractivity contribution is 7.92. The molecular formula is C11H25NO2S. The van der Waals surface area contributed by atoms with Gasteiger partial charge >= 0.3 is 0 Å². The van der Waals surface area contributed by atoms with Crippen LogP contribution in [0.5, 0.6) is 0 Å². The molecule has 92 valence electrons. The molecule has 0 bridgehead atoms. The van der Waals surface area contributed by atoms with E-state index in [0.717, 1.165) is 19.3 Å². The van der Waals surface area contributed by atoms with Crippen molar-refractivity contribution in [2.75, 3.05) is 6.26 Å². The molecule has 0 aliphatic rings. The Kier molecular flexibility index (Phi) is 5.27. The van der Waals surface area contributed by atoms with Crippen molar-refractivity contribution in [1.82, 2.24) is 0 Å². The van der Waals surface area contributed by atoms with Crippen LogP contribution in [0.3, 0.4) is 0 Å². The van der Waals surface area contributed by atoms with Crippen molar-refractivity contribution >= 4 is 9.84 Å². The Labute approximate surface area is 94.4 Å². The summed E-state index contributed by atoms with van der Waals surface area (Å²) in [5, 5.41) is 0. The third kappa shape index (κ3) is 4.51. The monoisotopic (exact) mass is 235 g/mol. The summed E-state index contributed by atoms with van der Waals surface area (Å²) in [6, 6.07) is -0.272. The Balaban J connectivity index is 4.27. The van der Waals surface area contributed by atoms with Crippen LogP contribution in [0, 0.1) is 5.92 Å². The van der Waals surface area contributed by atoms with Crippen molar-refractivity contribution in [2.45, 2.75) is 57.7 Å². The van der Waals surface area contributed by atoms with Crippen LogP contribution >= 0.6 is 0 Å². The van der Waals surface area contributed by atoms with E-state index in [0.29, 0.717) is 5.92 Å². The molecule has 15 heavy (non-hydrogen) atoms. The fourth-order valence-corrected chi connectivity index (χ4v) is 2.04. The van der Waals surface area contributed by atoms with Crippen molar-refractivity contribution in [2.24, 2.45) is 11.7 Å². The van der Waals surface area contributed by atoms with Gasteiger partial charge in [0.2, 0.25) is 0 Å². The van der Waals surface area contributed by atoms with E-state index >= 15 is 0 Å². The van der Waals surface area contributed by atoms with Crippen molar-refractivity contribution in [1.29, 1.82) is 0 Å². The lowest BCUT2D eigenvalue weighted by Gasteiger charge is -2.29.